The van der Waals surface area contributed by atoms with E-state index in [0.717, 1.165) is 66.8 Å². The van der Waals surface area contributed by atoms with Crippen molar-refractivity contribution in [3.05, 3.63) is 265 Å². The summed E-state index contributed by atoms with van der Waals surface area (Å²) >= 11 is 0. The zero-order chi connectivity index (χ0) is 45.5. The molecule has 1 spiro atoms. The van der Waals surface area contributed by atoms with Crippen molar-refractivity contribution in [2.45, 2.75) is 5.41 Å². The fourth-order valence-electron chi connectivity index (χ4n) is 11.3. The highest BCUT2D eigenvalue weighted by Gasteiger charge is 2.52. The smallest absolute Gasteiger partial charge is 0.166 e. The Balaban J connectivity index is 1.04. The lowest BCUT2D eigenvalue weighted by molar-refractivity contribution is 0.669. The molecule has 0 amide bonds. The van der Waals surface area contributed by atoms with E-state index in [0.29, 0.717) is 17.5 Å². The number of nitrogens with zero attached hydrogens (tertiary/aromatic N) is 4. The third-order valence-corrected chi connectivity index (χ3v) is 14.2. The van der Waals surface area contributed by atoms with Gasteiger partial charge in [0, 0.05) is 38.7 Å². The van der Waals surface area contributed by atoms with Gasteiger partial charge in [0.05, 0.1) is 16.8 Å². The minimum absolute atomic E-state index is 0.510. The van der Waals surface area contributed by atoms with Gasteiger partial charge in [-0.3, -0.25) is 0 Å². The second-order valence-electron chi connectivity index (χ2n) is 17.8. The Morgan fingerprint density at radius 2 is 0.797 bits per heavy atom. The molecule has 0 bridgehead atoms. The van der Waals surface area contributed by atoms with Gasteiger partial charge in [0.15, 0.2) is 17.5 Å². The second-order valence-corrected chi connectivity index (χ2v) is 17.8. The maximum absolute atomic E-state index is 6.39. The summed E-state index contributed by atoms with van der Waals surface area (Å²) in [5.74, 6) is 1.72. The fourth-order valence-corrected chi connectivity index (χ4v) is 11.3. The Bertz CT molecular complexity index is 3930. The van der Waals surface area contributed by atoms with Crippen molar-refractivity contribution in [3.63, 3.8) is 0 Å². The van der Waals surface area contributed by atoms with Crippen molar-refractivity contribution in [2.75, 3.05) is 4.90 Å². The number of anilines is 3. The summed E-state index contributed by atoms with van der Waals surface area (Å²) in [7, 11) is 0. The van der Waals surface area contributed by atoms with Crippen molar-refractivity contribution in [2.24, 2.45) is 0 Å². The van der Waals surface area contributed by atoms with Crippen molar-refractivity contribution >= 4 is 39.0 Å². The predicted octanol–water partition coefficient (Wildman–Crippen LogP) is 16.3. The van der Waals surface area contributed by atoms with E-state index in [9.17, 15) is 0 Å². The molecule has 322 valence electrons. The minimum atomic E-state index is -0.510. The molecule has 0 atom stereocenters. The van der Waals surface area contributed by atoms with Gasteiger partial charge in [-0.1, -0.05) is 200 Å². The van der Waals surface area contributed by atoms with E-state index in [1.165, 1.54) is 44.5 Å². The Morgan fingerprint density at radius 3 is 1.52 bits per heavy atom. The number of hydrogen-bond acceptors (Lipinski definition) is 5. The summed E-state index contributed by atoms with van der Waals surface area (Å²) in [6, 6.07) is 86.4. The molecule has 5 nitrogen and oxygen atoms in total. The molecule has 14 rings (SSSR count). The first-order valence-electron chi connectivity index (χ1n) is 23.4. The van der Waals surface area contributed by atoms with Crippen LogP contribution in [-0.2, 0) is 5.41 Å². The van der Waals surface area contributed by atoms with Gasteiger partial charge >= 0.3 is 0 Å². The molecule has 0 N–H and O–H groups in total. The highest BCUT2D eigenvalue weighted by Crippen LogP contribution is 2.64. The third-order valence-electron chi connectivity index (χ3n) is 14.2. The number of furan rings is 1. The van der Waals surface area contributed by atoms with Crippen molar-refractivity contribution < 1.29 is 4.42 Å². The van der Waals surface area contributed by atoms with Gasteiger partial charge < -0.3 is 9.32 Å². The number of benzene rings is 10. The van der Waals surface area contributed by atoms with Crippen LogP contribution in [0.2, 0.25) is 0 Å². The van der Waals surface area contributed by atoms with Crippen molar-refractivity contribution in [3.8, 4) is 67.5 Å². The van der Waals surface area contributed by atoms with Crippen LogP contribution in [0.4, 0.5) is 17.1 Å². The van der Waals surface area contributed by atoms with E-state index in [1.807, 2.05) is 48.5 Å². The van der Waals surface area contributed by atoms with Gasteiger partial charge in [-0.15, -0.1) is 0 Å². The first-order valence-corrected chi connectivity index (χ1v) is 23.4. The monoisotopic (exact) mass is 880 g/mol. The van der Waals surface area contributed by atoms with E-state index in [4.69, 9.17) is 19.4 Å². The molecule has 2 heterocycles. The number of para-hydroxylation sites is 2. The van der Waals surface area contributed by atoms with Crippen LogP contribution in [0.5, 0.6) is 0 Å². The lowest BCUT2D eigenvalue weighted by Gasteiger charge is -2.32. The summed E-state index contributed by atoms with van der Waals surface area (Å²) in [5.41, 5.74) is 19.2. The molecule has 69 heavy (non-hydrogen) atoms. The Hall–Kier alpha value is -9.19. The lowest BCUT2D eigenvalue weighted by Crippen LogP contribution is -2.26. The maximum atomic E-state index is 6.39. The zero-order valence-electron chi connectivity index (χ0n) is 37.3. The molecule has 0 aliphatic heterocycles. The minimum Gasteiger partial charge on any atom is -0.456 e. The molecule has 12 aromatic rings. The Kier molecular flexibility index (Phi) is 8.73. The Labute approximate surface area is 399 Å². The van der Waals surface area contributed by atoms with Gasteiger partial charge in [0.2, 0.25) is 0 Å². The second kappa shape index (κ2) is 15.4. The van der Waals surface area contributed by atoms with E-state index < -0.39 is 5.41 Å². The first-order chi connectivity index (χ1) is 34.2. The maximum Gasteiger partial charge on any atom is 0.166 e. The summed E-state index contributed by atoms with van der Waals surface area (Å²) < 4.78 is 6.39. The van der Waals surface area contributed by atoms with Crippen LogP contribution < -0.4 is 4.90 Å². The number of rotatable bonds is 7. The average molecular weight is 881 g/mol. The highest BCUT2D eigenvalue weighted by molar-refractivity contribution is 6.12. The average Bonchev–Trinajstić information content (AvgIpc) is 4.06. The molecule has 2 aliphatic rings. The zero-order valence-corrected chi connectivity index (χ0v) is 37.3. The summed E-state index contributed by atoms with van der Waals surface area (Å²) in [6.07, 6.45) is 0. The number of fused-ring (bicyclic) bond motifs is 13. The Morgan fingerprint density at radius 1 is 0.319 bits per heavy atom. The van der Waals surface area contributed by atoms with Crippen LogP contribution in [0.1, 0.15) is 22.3 Å². The molecule has 0 saturated heterocycles. The number of aromatic nitrogens is 3. The molecule has 0 saturated carbocycles. The lowest BCUT2D eigenvalue weighted by atomic mass is 9.70. The molecular weight excluding hydrogens is 841 g/mol. The molecule has 2 aliphatic carbocycles. The van der Waals surface area contributed by atoms with Gasteiger partial charge in [-0.25, -0.2) is 15.0 Å². The standard InChI is InChI=1S/C64H40N4O/c1-3-19-41(20-4-1)42-37-39-44(40-38-42)68(56-34-18-32-54-60(56)47-25-9-14-31-53(47)64(54)51-29-12-7-23-45(51)46-24-8-13-30-52(46)64)55-33-15-10-26-48(55)62-65-61(43-21-5-2-6-22-43)66-63(67-62)50-28-17-36-58-59(50)49-27-11-16-35-57(49)69-58/h1-40H. The predicted molar refractivity (Wildman–Crippen MR) is 280 cm³/mol. The van der Waals surface area contributed by atoms with Gasteiger partial charge in [-0.2, -0.15) is 0 Å². The molecule has 0 unspecified atom stereocenters. The normalized spacial score (nSPS) is 12.8. The largest absolute Gasteiger partial charge is 0.456 e. The fraction of sp³-hybridized carbons (Fsp3) is 0.0156. The van der Waals surface area contributed by atoms with Crippen LogP contribution in [0, 0.1) is 0 Å². The molecule has 0 radical (unpaired) electrons. The van der Waals surface area contributed by atoms with Gasteiger partial charge in [0.1, 0.15) is 11.2 Å². The van der Waals surface area contributed by atoms with Crippen LogP contribution in [0.25, 0.3) is 89.5 Å². The third kappa shape index (κ3) is 5.87. The molecule has 0 fully saturated rings. The van der Waals surface area contributed by atoms with Crippen LogP contribution in [0.3, 0.4) is 0 Å². The van der Waals surface area contributed by atoms with Crippen molar-refractivity contribution in [1.29, 1.82) is 0 Å². The first kappa shape index (κ1) is 39.0. The van der Waals surface area contributed by atoms with E-state index in [1.54, 1.807) is 0 Å². The molecule has 10 aromatic carbocycles. The van der Waals surface area contributed by atoms with Crippen LogP contribution in [-0.4, -0.2) is 15.0 Å². The van der Waals surface area contributed by atoms with Gasteiger partial charge in [0.25, 0.3) is 0 Å². The van der Waals surface area contributed by atoms with Gasteiger partial charge in [-0.05, 0) is 92.5 Å². The molecular formula is C64H40N4O. The topological polar surface area (TPSA) is 55.1 Å². The van der Waals surface area contributed by atoms with E-state index >= 15 is 0 Å². The quantitative estimate of drug-likeness (QED) is 0.160. The summed E-state index contributed by atoms with van der Waals surface area (Å²) in [5, 5.41) is 1.99. The number of hydrogen-bond donors (Lipinski definition) is 0. The SMILES string of the molecule is c1ccc(-c2ccc(N(c3ccccc3-c3nc(-c4ccccc4)nc(-c4cccc5oc6ccccc6c45)n3)c3cccc4c3-c3ccccc3C43c4ccccc4-c4ccccc43)cc2)cc1. The van der Waals surface area contributed by atoms with Crippen LogP contribution in [0.15, 0.2) is 247 Å². The van der Waals surface area contributed by atoms with E-state index in [2.05, 4.69) is 199 Å². The molecule has 5 heteroatoms. The highest BCUT2D eigenvalue weighted by atomic mass is 16.3. The van der Waals surface area contributed by atoms with Crippen LogP contribution >= 0.6 is 0 Å². The summed E-state index contributed by atoms with van der Waals surface area (Å²) in [4.78, 5) is 18.5. The van der Waals surface area contributed by atoms with Crippen molar-refractivity contribution in [1.82, 2.24) is 15.0 Å². The molecule has 2 aromatic heterocycles. The van der Waals surface area contributed by atoms with E-state index in [-0.39, 0.29) is 0 Å². The summed E-state index contributed by atoms with van der Waals surface area (Å²) in [6.45, 7) is 0.